The van der Waals surface area contributed by atoms with Crippen molar-refractivity contribution in [2.75, 3.05) is 13.6 Å². The van der Waals surface area contributed by atoms with Crippen molar-refractivity contribution >= 4 is 0 Å². The van der Waals surface area contributed by atoms with E-state index in [-0.39, 0.29) is 5.82 Å². The van der Waals surface area contributed by atoms with Crippen LogP contribution in [0.2, 0.25) is 0 Å². The molecule has 0 bridgehead atoms. The maximum Gasteiger partial charge on any atom is 0.123 e. The highest BCUT2D eigenvalue weighted by atomic mass is 19.1. The second-order valence-corrected chi connectivity index (χ2v) is 5.02. The lowest BCUT2D eigenvalue weighted by Gasteiger charge is -2.30. The molecule has 0 spiro atoms. The molecule has 2 nitrogen and oxygen atoms in total. The normalized spacial score (nSPS) is 14.8. The molecule has 0 aliphatic carbocycles. The van der Waals surface area contributed by atoms with E-state index in [2.05, 4.69) is 38.0 Å². The van der Waals surface area contributed by atoms with Gasteiger partial charge in [0.05, 0.1) is 0 Å². The summed E-state index contributed by atoms with van der Waals surface area (Å²) in [4.78, 5) is 2.29. The maximum absolute atomic E-state index is 12.8. The van der Waals surface area contributed by atoms with Crippen LogP contribution in [0.1, 0.15) is 32.8 Å². The van der Waals surface area contributed by atoms with Crippen molar-refractivity contribution in [1.29, 1.82) is 0 Å². The zero-order valence-electron chi connectivity index (χ0n) is 11.9. The van der Waals surface area contributed by atoms with Crippen LogP contribution in [0.4, 0.5) is 4.39 Å². The monoisotopic (exact) mass is 252 g/mol. The molecule has 2 atom stereocenters. The lowest BCUT2D eigenvalue weighted by atomic mass is 10.1. The van der Waals surface area contributed by atoms with Crippen LogP contribution in [0.5, 0.6) is 0 Å². The smallest absolute Gasteiger partial charge is 0.123 e. The molecule has 0 aliphatic heterocycles. The van der Waals surface area contributed by atoms with E-state index in [1.165, 1.54) is 12.1 Å². The Morgan fingerprint density at radius 2 is 1.83 bits per heavy atom. The number of rotatable bonds is 7. The molecule has 0 aliphatic rings. The Balaban J connectivity index is 2.48. The second-order valence-electron chi connectivity index (χ2n) is 5.02. The van der Waals surface area contributed by atoms with Gasteiger partial charge in [-0.1, -0.05) is 19.1 Å². The number of hydrogen-bond acceptors (Lipinski definition) is 2. The number of hydrogen-bond donors (Lipinski definition) is 1. The van der Waals surface area contributed by atoms with Gasteiger partial charge < -0.3 is 5.32 Å². The second kappa shape index (κ2) is 7.49. The molecule has 0 amide bonds. The third kappa shape index (κ3) is 4.75. The number of halogens is 1. The van der Waals surface area contributed by atoms with Gasteiger partial charge in [0.1, 0.15) is 5.82 Å². The zero-order valence-corrected chi connectivity index (χ0v) is 11.9. The van der Waals surface area contributed by atoms with E-state index in [1.54, 1.807) is 0 Å². The van der Waals surface area contributed by atoms with Gasteiger partial charge in [-0.25, -0.2) is 4.39 Å². The van der Waals surface area contributed by atoms with Crippen molar-refractivity contribution < 1.29 is 4.39 Å². The molecular weight excluding hydrogens is 227 g/mol. The summed E-state index contributed by atoms with van der Waals surface area (Å²) in [5.74, 6) is -0.174. The summed E-state index contributed by atoms with van der Waals surface area (Å²) in [5, 5.41) is 3.51. The highest BCUT2D eigenvalue weighted by Crippen LogP contribution is 2.09. The zero-order chi connectivity index (χ0) is 13.5. The summed E-state index contributed by atoms with van der Waals surface area (Å²) < 4.78 is 12.8. The van der Waals surface area contributed by atoms with Gasteiger partial charge in [-0.2, -0.15) is 0 Å². The molecular formula is C15H25FN2. The first-order chi connectivity index (χ1) is 8.54. The van der Waals surface area contributed by atoms with Crippen LogP contribution >= 0.6 is 0 Å². The first-order valence-corrected chi connectivity index (χ1v) is 6.72. The van der Waals surface area contributed by atoms with Crippen molar-refractivity contribution in [2.24, 2.45) is 0 Å². The van der Waals surface area contributed by atoms with Crippen molar-refractivity contribution in [3.8, 4) is 0 Å². The van der Waals surface area contributed by atoms with E-state index >= 15 is 0 Å². The van der Waals surface area contributed by atoms with Crippen molar-refractivity contribution in [2.45, 2.75) is 45.8 Å². The lowest BCUT2D eigenvalue weighted by Crippen LogP contribution is -2.45. The van der Waals surface area contributed by atoms with Gasteiger partial charge in [-0.15, -0.1) is 0 Å². The Morgan fingerprint density at radius 3 is 2.39 bits per heavy atom. The van der Waals surface area contributed by atoms with E-state index in [9.17, 15) is 4.39 Å². The molecule has 1 aromatic rings. The average Bonchev–Trinajstić information content (AvgIpc) is 2.37. The van der Waals surface area contributed by atoms with E-state index in [0.717, 1.165) is 25.1 Å². The third-order valence-corrected chi connectivity index (χ3v) is 3.48. The Kier molecular flexibility index (Phi) is 6.30. The van der Waals surface area contributed by atoms with Gasteiger partial charge in [0.25, 0.3) is 0 Å². The fraction of sp³-hybridized carbons (Fsp3) is 0.600. The van der Waals surface area contributed by atoms with Crippen molar-refractivity contribution in [3.05, 3.63) is 35.6 Å². The first-order valence-electron chi connectivity index (χ1n) is 6.72. The summed E-state index contributed by atoms with van der Waals surface area (Å²) >= 11 is 0. The number of nitrogens with zero attached hydrogens (tertiary/aromatic N) is 1. The van der Waals surface area contributed by atoms with Gasteiger partial charge in [0, 0.05) is 18.6 Å². The number of benzene rings is 1. The largest absolute Gasteiger partial charge is 0.313 e. The fourth-order valence-electron chi connectivity index (χ4n) is 1.95. The SMILES string of the molecule is CCCNC(C)C(C)N(C)Cc1ccc(F)cc1. The summed E-state index contributed by atoms with van der Waals surface area (Å²) in [6, 6.07) is 7.64. The van der Waals surface area contributed by atoms with E-state index in [0.29, 0.717) is 12.1 Å². The molecule has 0 fully saturated rings. The minimum atomic E-state index is -0.174. The molecule has 2 unspecified atom stereocenters. The summed E-state index contributed by atoms with van der Waals surface area (Å²) in [7, 11) is 2.11. The Hall–Kier alpha value is -0.930. The first kappa shape index (κ1) is 15.1. The summed E-state index contributed by atoms with van der Waals surface area (Å²) in [6.07, 6.45) is 1.15. The van der Waals surface area contributed by atoms with E-state index in [1.807, 2.05) is 12.1 Å². The standard InChI is InChI=1S/C15H25FN2/c1-5-10-17-12(2)13(3)18(4)11-14-6-8-15(16)9-7-14/h6-9,12-13,17H,5,10-11H2,1-4H3. The van der Waals surface area contributed by atoms with Crippen LogP contribution in [0.15, 0.2) is 24.3 Å². The minimum Gasteiger partial charge on any atom is -0.313 e. The molecule has 1 rings (SSSR count). The molecule has 102 valence electrons. The van der Waals surface area contributed by atoms with Crippen LogP contribution in [-0.4, -0.2) is 30.6 Å². The van der Waals surface area contributed by atoms with Crippen molar-refractivity contribution in [1.82, 2.24) is 10.2 Å². The van der Waals surface area contributed by atoms with Gasteiger partial charge in [-0.05, 0) is 51.6 Å². The highest BCUT2D eigenvalue weighted by Gasteiger charge is 2.16. The van der Waals surface area contributed by atoms with Gasteiger partial charge in [0.2, 0.25) is 0 Å². The summed E-state index contributed by atoms with van der Waals surface area (Å²) in [5.41, 5.74) is 1.15. The van der Waals surface area contributed by atoms with Crippen LogP contribution in [0, 0.1) is 5.82 Å². The van der Waals surface area contributed by atoms with Gasteiger partial charge in [-0.3, -0.25) is 4.90 Å². The third-order valence-electron chi connectivity index (χ3n) is 3.48. The maximum atomic E-state index is 12.8. The molecule has 0 saturated heterocycles. The Bertz CT molecular complexity index is 337. The van der Waals surface area contributed by atoms with Crippen LogP contribution in [0.3, 0.4) is 0 Å². The molecule has 0 heterocycles. The van der Waals surface area contributed by atoms with E-state index in [4.69, 9.17) is 0 Å². The quantitative estimate of drug-likeness (QED) is 0.802. The number of likely N-dealkylation sites (N-methyl/N-ethyl adjacent to an activating group) is 1. The fourth-order valence-corrected chi connectivity index (χ4v) is 1.95. The van der Waals surface area contributed by atoms with E-state index < -0.39 is 0 Å². The van der Waals surface area contributed by atoms with Gasteiger partial charge in [0.15, 0.2) is 0 Å². The molecule has 1 N–H and O–H groups in total. The minimum absolute atomic E-state index is 0.174. The lowest BCUT2D eigenvalue weighted by molar-refractivity contribution is 0.206. The molecule has 0 aromatic heterocycles. The molecule has 18 heavy (non-hydrogen) atoms. The number of nitrogens with one attached hydrogen (secondary N) is 1. The molecule has 0 saturated carbocycles. The predicted molar refractivity (Wildman–Crippen MR) is 75.1 cm³/mol. The van der Waals surface area contributed by atoms with Crippen LogP contribution in [-0.2, 0) is 6.54 Å². The predicted octanol–water partition coefficient (Wildman–Crippen LogP) is 3.03. The molecule has 1 aromatic carbocycles. The van der Waals surface area contributed by atoms with Gasteiger partial charge >= 0.3 is 0 Å². The molecule has 0 radical (unpaired) electrons. The molecule has 3 heteroatoms. The highest BCUT2D eigenvalue weighted by molar-refractivity contribution is 5.15. The topological polar surface area (TPSA) is 15.3 Å². The Morgan fingerprint density at radius 1 is 1.22 bits per heavy atom. The van der Waals surface area contributed by atoms with Crippen molar-refractivity contribution in [3.63, 3.8) is 0 Å². The summed E-state index contributed by atoms with van der Waals surface area (Å²) in [6.45, 7) is 8.50. The van der Waals surface area contributed by atoms with Crippen LogP contribution < -0.4 is 5.32 Å². The average molecular weight is 252 g/mol. The van der Waals surface area contributed by atoms with Crippen LogP contribution in [0.25, 0.3) is 0 Å². The Labute approximate surface area is 110 Å².